The molecule has 1 heterocycles. The maximum Gasteiger partial charge on any atom is 0.0221 e. The molecule has 1 rings (SSSR count). The average Bonchev–Trinajstić information content (AvgIpc) is 2.18. The van der Waals surface area contributed by atoms with Gasteiger partial charge in [0.15, 0.2) is 0 Å². The molecular formula is C12H26N2. The molecule has 14 heavy (non-hydrogen) atoms. The highest BCUT2D eigenvalue weighted by Crippen LogP contribution is 2.20. The van der Waals surface area contributed by atoms with Gasteiger partial charge in [-0.05, 0) is 46.7 Å². The Hall–Kier alpha value is -0.0800. The lowest BCUT2D eigenvalue weighted by molar-refractivity contribution is 0.0949. The van der Waals surface area contributed by atoms with Gasteiger partial charge in [-0.25, -0.2) is 0 Å². The van der Waals surface area contributed by atoms with Crippen molar-refractivity contribution >= 4 is 0 Å². The summed E-state index contributed by atoms with van der Waals surface area (Å²) in [5.41, 5.74) is 0. The third kappa shape index (κ3) is 2.96. The summed E-state index contributed by atoms with van der Waals surface area (Å²) in [5, 5.41) is 3.52. The molecule has 0 aromatic heterocycles. The lowest BCUT2D eigenvalue weighted by atomic mass is 9.99. The molecule has 84 valence electrons. The van der Waals surface area contributed by atoms with Gasteiger partial charge in [0.2, 0.25) is 0 Å². The highest BCUT2D eigenvalue weighted by Gasteiger charge is 2.25. The second-order valence-electron chi connectivity index (χ2n) is 4.67. The fraction of sp³-hybridized carbons (Fsp3) is 1.00. The van der Waals surface area contributed by atoms with Crippen molar-refractivity contribution in [3.05, 3.63) is 0 Å². The van der Waals surface area contributed by atoms with Crippen LogP contribution in [0.5, 0.6) is 0 Å². The third-order valence-corrected chi connectivity index (χ3v) is 3.63. The van der Waals surface area contributed by atoms with Crippen LogP contribution in [0.4, 0.5) is 0 Å². The maximum atomic E-state index is 3.52. The highest BCUT2D eigenvalue weighted by molar-refractivity contribution is 4.83. The molecule has 0 amide bonds. The molecule has 2 heteroatoms. The second-order valence-corrected chi connectivity index (χ2v) is 4.67. The molecule has 1 aliphatic heterocycles. The smallest absolute Gasteiger partial charge is 0.0221 e. The number of rotatable bonds is 4. The Morgan fingerprint density at radius 1 is 1.36 bits per heavy atom. The molecular weight excluding hydrogens is 172 g/mol. The molecule has 0 radical (unpaired) electrons. The number of piperidine rings is 1. The van der Waals surface area contributed by atoms with Gasteiger partial charge in [0.1, 0.15) is 0 Å². The molecule has 0 saturated carbocycles. The molecule has 3 unspecified atom stereocenters. The zero-order valence-electron chi connectivity index (χ0n) is 10.2. The molecule has 1 aliphatic rings. The van der Waals surface area contributed by atoms with E-state index in [1.165, 1.54) is 25.8 Å². The van der Waals surface area contributed by atoms with Crippen molar-refractivity contribution in [3.63, 3.8) is 0 Å². The van der Waals surface area contributed by atoms with E-state index >= 15 is 0 Å². The standard InChI is InChI=1S/C12H26N2/c1-5-13-11(3)12(4)14-9-7-6-8-10(14)2/h10-13H,5-9H2,1-4H3. The molecule has 1 fully saturated rings. The predicted molar refractivity (Wildman–Crippen MR) is 62.6 cm³/mol. The van der Waals surface area contributed by atoms with E-state index in [0.717, 1.165) is 12.6 Å². The summed E-state index contributed by atoms with van der Waals surface area (Å²) < 4.78 is 0. The van der Waals surface area contributed by atoms with Gasteiger partial charge >= 0.3 is 0 Å². The fourth-order valence-corrected chi connectivity index (χ4v) is 2.51. The first-order valence-electron chi connectivity index (χ1n) is 6.16. The van der Waals surface area contributed by atoms with Crippen molar-refractivity contribution < 1.29 is 0 Å². The maximum absolute atomic E-state index is 3.52. The molecule has 1 saturated heterocycles. The minimum absolute atomic E-state index is 0.612. The van der Waals surface area contributed by atoms with E-state index in [9.17, 15) is 0 Å². The van der Waals surface area contributed by atoms with Gasteiger partial charge in [-0.2, -0.15) is 0 Å². The van der Waals surface area contributed by atoms with Crippen molar-refractivity contribution in [2.24, 2.45) is 0 Å². The van der Waals surface area contributed by atoms with E-state index in [1.807, 2.05) is 0 Å². The number of nitrogens with zero attached hydrogens (tertiary/aromatic N) is 1. The first-order chi connectivity index (χ1) is 6.66. The minimum atomic E-state index is 0.612. The SMILES string of the molecule is CCNC(C)C(C)N1CCCCC1C. The zero-order chi connectivity index (χ0) is 10.6. The van der Waals surface area contributed by atoms with Crippen LogP contribution in [-0.4, -0.2) is 36.1 Å². The van der Waals surface area contributed by atoms with Crippen molar-refractivity contribution in [1.82, 2.24) is 10.2 Å². The number of likely N-dealkylation sites (tertiary alicyclic amines) is 1. The third-order valence-electron chi connectivity index (χ3n) is 3.63. The minimum Gasteiger partial charge on any atom is -0.313 e. The Morgan fingerprint density at radius 2 is 2.07 bits per heavy atom. The summed E-state index contributed by atoms with van der Waals surface area (Å²) in [6, 6.07) is 2.06. The molecule has 2 nitrogen and oxygen atoms in total. The number of hydrogen-bond donors (Lipinski definition) is 1. The molecule has 1 N–H and O–H groups in total. The van der Waals surface area contributed by atoms with Gasteiger partial charge in [-0.1, -0.05) is 13.3 Å². The Morgan fingerprint density at radius 3 is 2.64 bits per heavy atom. The summed E-state index contributed by atoms with van der Waals surface area (Å²) >= 11 is 0. The summed E-state index contributed by atoms with van der Waals surface area (Å²) in [6.07, 6.45) is 4.18. The van der Waals surface area contributed by atoms with Crippen LogP contribution in [0, 0.1) is 0 Å². The van der Waals surface area contributed by atoms with Crippen LogP contribution >= 0.6 is 0 Å². The number of hydrogen-bond acceptors (Lipinski definition) is 2. The van der Waals surface area contributed by atoms with E-state index in [-0.39, 0.29) is 0 Å². The van der Waals surface area contributed by atoms with Crippen LogP contribution in [0.25, 0.3) is 0 Å². The zero-order valence-corrected chi connectivity index (χ0v) is 10.2. The van der Waals surface area contributed by atoms with Crippen LogP contribution in [-0.2, 0) is 0 Å². The van der Waals surface area contributed by atoms with Gasteiger partial charge in [-0.3, -0.25) is 4.90 Å². The molecule has 0 aromatic carbocycles. The van der Waals surface area contributed by atoms with Crippen LogP contribution in [0.3, 0.4) is 0 Å². The van der Waals surface area contributed by atoms with Crippen LogP contribution in [0.1, 0.15) is 47.0 Å². The average molecular weight is 198 g/mol. The van der Waals surface area contributed by atoms with E-state index in [4.69, 9.17) is 0 Å². The van der Waals surface area contributed by atoms with Gasteiger partial charge in [0.25, 0.3) is 0 Å². The number of nitrogens with one attached hydrogen (secondary N) is 1. The van der Waals surface area contributed by atoms with Crippen LogP contribution in [0.15, 0.2) is 0 Å². The van der Waals surface area contributed by atoms with Crippen molar-refractivity contribution in [1.29, 1.82) is 0 Å². The number of likely N-dealkylation sites (N-methyl/N-ethyl adjacent to an activating group) is 1. The van der Waals surface area contributed by atoms with E-state index in [1.54, 1.807) is 0 Å². The summed E-state index contributed by atoms with van der Waals surface area (Å²) in [6.45, 7) is 11.6. The highest BCUT2D eigenvalue weighted by atomic mass is 15.2. The van der Waals surface area contributed by atoms with Gasteiger partial charge in [0, 0.05) is 18.1 Å². The molecule has 0 aromatic rings. The lowest BCUT2D eigenvalue weighted by Gasteiger charge is -2.40. The first-order valence-corrected chi connectivity index (χ1v) is 6.16. The van der Waals surface area contributed by atoms with E-state index in [2.05, 4.69) is 37.9 Å². The molecule has 3 atom stereocenters. The molecule has 0 bridgehead atoms. The molecule has 0 spiro atoms. The summed E-state index contributed by atoms with van der Waals surface area (Å²) in [4.78, 5) is 2.66. The second kappa shape index (κ2) is 5.72. The lowest BCUT2D eigenvalue weighted by Crippen LogP contribution is -2.51. The largest absolute Gasteiger partial charge is 0.313 e. The van der Waals surface area contributed by atoms with E-state index in [0.29, 0.717) is 12.1 Å². The quantitative estimate of drug-likeness (QED) is 0.745. The van der Waals surface area contributed by atoms with Crippen molar-refractivity contribution in [2.75, 3.05) is 13.1 Å². The Bertz CT molecular complexity index is 158. The van der Waals surface area contributed by atoms with Gasteiger partial charge < -0.3 is 5.32 Å². The monoisotopic (exact) mass is 198 g/mol. The van der Waals surface area contributed by atoms with Gasteiger partial charge in [-0.15, -0.1) is 0 Å². The van der Waals surface area contributed by atoms with E-state index < -0.39 is 0 Å². The van der Waals surface area contributed by atoms with Crippen molar-refractivity contribution in [3.8, 4) is 0 Å². The normalized spacial score (nSPS) is 28.7. The first kappa shape index (κ1) is 12.0. The summed E-state index contributed by atoms with van der Waals surface area (Å²) in [7, 11) is 0. The van der Waals surface area contributed by atoms with Crippen molar-refractivity contribution in [2.45, 2.75) is 65.1 Å². The predicted octanol–water partition coefficient (Wildman–Crippen LogP) is 2.25. The fourth-order valence-electron chi connectivity index (χ4n) is 2.51. The van der Waals surface area contributed by atoms with Crippen LogP contribution < -0.4 is 5.32 Å². The topological polar surface area (TPSA) is 15.3 Å². The Labute approximate surface area is 89.1 Å². The molecule has 0 aliphatic carbocycles. The summed E-state index contributed by atoms with van der Waals surface area (Å²) in [5.74, 6) is 0. The van der Waals surface area contributed by atoms with Crippen LogP contribution in [0.2, 0.25) is 0 Å². The Kier molecular flexibility index (Phi) is 4.90. The van der Waals surface area contributed by atoms with Gasteiger partial charge in [0.05, 0.1) is 0 Å². The Balaban J connectivity index is 2.44.